The molecule has 0 aromatic heterocycles. The van der Waals surface area contributed by atoms with Crippen LogP contribution in [0.1, 0.15) is 75.2 Å². The van der Waals surface area contributed by atoms with Crippen molar-refractivity contribution in [2.24, 2.45) is 5.92 Å². The maximum atomic E-state index is 12.6. The monoisotopic (exact) mass is 554 g/mol. The van der Waals surface area contributed by atoms with Gasteiger partial charge in [0.1, 0.15) is 16.9 Å². The average Bonchev–Trinajstić information content (AvgIpc) is 2.92. The summed E-state index contributed by atoms with van der Waals surface area (Å²) in [5.74, 6) is -0.674. The second-order valence-electron chi connectivity index (χ2n) is 9.84. The number of alkyl halides is 1. The molecule has 0 aliphatic heterocycles. The molecule has 0 bridgehead atoms. The van der Waals surface area contributed by atoms with Gasteiger partial charge >= 0.3 is 11.9 Å². The van der Waals surface area contributed by atoms with Crippen molar-refractivity contribution in [3.63, 3.8) is 0 Å². The Morgan fingerprint density at radius 3 is 2.00 bits per heavy atom. The number of esters is 2. The van der Waals surface area contributed by atoms with E-state index in [1.54, 1.807) is 12.1 Å². The van der Waals surface area contributed by atoms with Crippen LogP contribution in [0.5, 0.6) is 11.5 Å². The standard InChI is InChI=1S/C32H36Cl2O4/c1-4-5-6-7-8-9-10-23-11-13-24(14-12-23)25-15-18-27(19-16-25)37-31(35)26-17-20-29(28(33)21-26)38-32(36)30(34)22(2)3/h11-22,30H,4-10H2,1-3H3. The number of carbonyl (C=O) groups is 2. The van der Waals surface area contributed by atoms with Crippen LogP contribution < -0.4 is 9.47 Å². The minimum atomic E-state index is -0.790. The largest absolute Gasteiger partial charge is 0.424 e. The first-order chi connectivity index (χ1) is 18.3. The zero-order chi connectivity index (χ0) is 27.5. The molecule has 1 atom stereocenters. The van der Waals surface area contributed by atoms with Gasteiger partial charge in [0, 0.05) is 0 Å². The highest BCUT2D eigenvalue weighted by Gasteiger charge is 2.23. The summed E-state index contributed by atoms with van der Waals surface area (Å²) in [7, 11) is 0. The van der Waals surface area contributed by atoms with E-state index >= 15 is 0 Å². The van der Waals surface area contributed by atoms with Crippen LogP contribution in [0.25, 0.3) is 11.1 Å². The van der Waals surface area contributed by atoms with Gasteiger partial charge in [0.05, 0.1) is 10.6 Å². The Hall–Kier alpha value is -2.82. The number of rotatable bonds is 13. The quantitative estimate of drug-likeness (QED) is 0.0913. The summed E-state index contributed by atoms with van der Waals surface area (Å²) in [4.78, 5) is 24.7. The Balaban J connectivity index is 1.54. The number of unbranched alkanes of at least 4 members (excludes halogenated alkanes) is 5. The molecular formula is C32H36Cl2O4. The number of carbonyl (C=O) groups excluding carboxylic acids is 2. The van der Waals surface area contributed by atoms with Gasteiger partial charge in [-0.05, 0) is 65.8 Å². The Morgan fingerprint density at radius 1 is 0.789 bits per heavy atom. The lowest BCUT2D eigenvalue weighted by Crippen LogP contribution is -2.25. The Labute approximate surface area is 236 Å². The zero-order valence-electron chi connectivity index (χ0n) is 22.3. The molecule has 0 spiro atoms. The summed E-state index contributed by atoms with van der Waals surface area (Å²) in [6, 6.07) is 20.4. The van der Waals surface area contributed by atoms with Crippen molar-refractivity contribution in [2.75, 3.05) is 0 Å². The third-order valence-corrected chi connectivity index (χ3v) is 7.34. The van der Waals surface area contributed by atoms with Gasteiger partial charge in [-0.25, -0.2) is 4.79 Å². The van der Waals surface area contributed by atoms with Crippen LogP contribution >= 0.6 is 23.2 Å². The van der Waals surface area contributed by atoms with Crippen LogP contribution in [-0.2, 0) is 11.2 Å². The molecule has 0 fully saturated rings. The van der Waals surface area contributed by atoms with E-state index in [0.29, 0.717) is 5.75 Å². The summed E-state index contributed by atoms with van der Waals surface area (Å²) >= 11 is 12.3. The van der Waals surface area contributed by atoms with Crippen molar-refractivity contribution in [1.29, 1.82) is 0 Å². The highest BCUT2D eigenvalue weighted by Crippen LogP contribution is 2.28. The van der Waals surface area contributed by atoms with Crippen molar-refractivity contribution >= 4 is 35.1 Å². The highest BCUT2D eigenvalue weighted by molar-refractivity contribution is 6.33. The molecule has 0 amide bonds. The van der Waals surface area contributed by atoms with Gasteiger partial charge in [-0.1, -0.05) is 101 Å². The molecule has 0 radical (unpaired) electrons. The molecule has 3 rings (SSSR count). The fourth-order valence-electron chi connectivity index (χ4n) is 4.00. The molecule has 4 nitrogen and oxygen atoms in total. The summed E-state index contributed by atoms with van der Waals surface area (Å²) in [6.07, 6.45) is 8.91. The van der Waals surface area contributed by atoms with Crippen LogP contribution in [0, 0.1) is 5.92 Å². The molecule has 0 heterocycles. The van der Waals surface area contributed by atoms with Crippen molar-refractivity contribution in [2.45, 2.75) is 71.1 Å². The van der Waals surface area contributed by atoms with Gasteiger partial charge in [0.2, 0.25) is 0 Å². The van der Waals surface area contributed by atoms with E-state index in [1.165, 1.54) is 62.3 Å². The van der Waals surface area contributed by atoms with Crippen molar-refractivity contribution < 1.29 is 19.1 Å². The lowest BCUT2D eigenvalue weighted by molar-refractivity contribution is -0.134. The molecule has 6 heteroatoms. The van der Waals surface area contributed by atoms with Gasteiger partial charge in [0.25, 0.3) is 0 Å². The molecule has 38 heavy (non-hydrogen) atoms. The number of hydrogen-bond donors (Lipinski definition) is 0. The second kappa shape index (κ2) is 14.9. The summed E-state index contributed by atoms with van der Waals surface area (Å²) in [6.45, 7) is 5.88. The van der Waals surface area contributed by atoms with Crippen molar-refractivity contribution in [3.05, 3.63) is 82.9 Å². The first kappa shape index (κ1) is 29.7. The van der Waals surface area contributed by atoms with E-state index in [9.17, 15) is 9.59 Å². The molecule has 1 unspecified atom stereocenters. The van der Waals surface area contributed by atoms with E-state index in [1.807, 2.05) is 26.0 Å². The number of halogens is 2. The van der Waals surface area contributed by atoms with Crippen LogP contribution in [0.2, 0.25) is 5.02 Å². The fourth-order valence-corrected chi connectivity index (χ4v) is 4.27. The zero-order valence-corrected chi connectivity index (χ0v) is 23.9. The molecule has 3 aromatic carbocycles. The molecule has 202 valence electrons. The topological polar surface area (TPSA) is 52.6 Å². The van der Waals surface area contributed by atoms with Gasteiger partial charge in [-0.15, -0.1) is 11.6 Å². The maximum absolute atomic E-state index is 12.6. The molecule has 0 aliphatic rings. The van der Waals surface area contributed by atoms with Crippen LogP contribution in [0.4, 0.5) is 0 Å². The second-order valence-corrected chi connectivity index (χ2v) is 10.7. The number of ether oxygens (including phenoxy) is 2. The third-order valence-electron chi connectivity index (χ3n) is 6.36. The number of hydrogen-bond acceptors (Lipinski definition) is 4. The van der Waals surface area contributed by atoms with Gasteiger partial charge in [-0.2, -0.15) is 0 Å². The first-order valence-electron chi connectivity index (χ1n) is 13.4. The van der Waals surface area contributed by atoms with E-state index in [2.05, 4.69) is 31.2 Å². The molecule has 0 saturated carbocycles. The van der Waals surface area contributed by atoms with Crippen LogP contribution in [0.3, 0.4) is 0 Å². The Bertz CT molecular complexity index is 1190. The third kappa shape index (κ3) is 8.89. The van der Waals surface area contributed by atoms with Crippen molar-refractivity contribution in [3.8, 4) is 22.6 Å². The van der Waals surface area contributed by atoms with Gasteiger partial charge < -0.3 is 9.47 Å². The maximum Gasteiger partial charge on any atom is 0.343 e. The number of benzene rings is 3. The van der Waals surface area contributed by atoms with Gasteiger partial charge in [0.15, 0.2) is 0 Å². The Kier molecular flexibility index (Phi) is 11.7. The fraction of sp³-hybridized carbons (Fsp3) is 0.375. The van der Waals surface area contributed by atoms with Gasteiger partial charge in [-0.3, -0.25) is 4.79 Å². The van der Waals surface area contributed by atoms with E-state index in [4.69, 9.17) is 32.7 Å². The molecular weight excluding hydrogens is 519 g/mol. The van der Waals surface area contributed by atoms with Crippen LogP contribution in [0.15, 0.2) is 66.7 Å². The summed E-state index contributed by atoms with van der Waals surface area (Å²) in [5.41, 5.74) is 3.76. The predicted octanol–water partition coefficient (Wildman–Crippen LogP) is 9.30. The highest BCUT2D eigenvalue weighted by atomic mass is 35.5. The van der Waals surface area contributed by atoms with E-state index in [0.717, 1.165) is 17.5 Å². The lowest BCUT2D eigenvalue weighted by atomic mass is 10.0. The molecule has 0 aliphatic carbocycles. The normalized spacial score (nSPS) is 11.8. The first-order valence-corrected chi connectivity index (χ1v) is 14.2. The minimum absolute atomic E-state index is 0.0853. The van der Waals surface area contributed by atoms with E-state index < -0.39 is 17.3 Å². The van der Waals surface area contributed by atoms with Crippen molar-refractivity contribution in [1.82, 2.24) is 0 Å². The van der Waals surface area contributed by atoms with E-state index in [-0.39, 0.29) is 22.3 Å². The Morgan fingerprint density at radius 2 is 1.39 bits per heavy atom. The lowest BCUT2D eigenvalue weighted by Gasteiger charge is -2.13. The summed E-state index contributed by atoms with van der Waals surface area (Å²) in [5, 5.41) is -0.669. The SMILES string of the molecule is CCCCCCCCc1ccc(-c2ccc(OC(=O)c3ccc(OC(=O)C(Cl)C(C)C)c(Cl)c3)cc2)cc1. The minimum Gasteiger partial charge on any atom is -0.424 e. The van der Waals surface area contributed by atoms with Crippen LogP contribution in [-0.4, -0.2) is 17.3 Å². The number of aryl methyl sites for hydroxylation is 1. The predicted molar refractivity (Wildman–Crippen MR) is 155 cm³/mol. The molecule has 3 aromatic rings. The summed E-state index contributed by atoms with van der Waals surface area (Å²) < 4.78 is 10.8. The molecule has 0 saturated heterocycles. The smallest absolute Gasteiger partial charge is 0.343 e. The average molecular weight is 556 g/mol. The molecule has 0 N–H and O–H groups in total.